The van der Waals surface area contributed by atoms with Gasteiger partial charge in [0.1, 0.15) is 0 Å². The fourth-order valence-electron chi connectivity index (χ4n) is 1.03. The van der Waals surface area contributed by atoms with Gasteiger partial charge in [-0.15, -0.1) is 0 Å². The van der Waals surface area contributed by atoms with Gasteiger partial charge in [0, 0.05) is 6.42 Å². The average molecular weight is 226 g/mol. The molecule has 86 valence electrons. The summed E-state index contributed by atoms with van der Waals surface area (Å²) in [6.07, 6.45) is -5.43. The Morgan fingerprint density at radius 1 is 1.40 bits per heavy atom. The Labute approximate surface area is 82.7 Å². The number of ether oxygens (including phenoxy) is 1. The number of hydrogen-bond acceptors (Lipinski definition) is 4. The molecule has 0 aromatic rings. The number of hydrogen-bond donors (Lipinski definition) is 2. The van der Waals surface area contributed by atoms with E-state index in [1.807, 2.05) is 0 Å². The molecule has 1 heterocycles. The van der Waals surface area contributed by atoms with Crippen LogP contribution in [-0.4, -0.2) is 36.7 Å². The molecule has 0 radical (unpaired) electrons. The molecule has 0 unspecified atom stereocenters. The number of imide groups is 1. The third-order valence-electron chi connectivity index (χ3n) is 1.80. The summed E-state index contributed by atoms with van der Waals surface area (Å²) in [5, 5.41) is 1.21. The zero-order valence-corrected chi connectivity index (χ0v) is 7.56. The normalized spacial score (nSPS) is 19.2. The summed E-state index contributed by atoms with van der Waals surface area (Å²) >= 11 is 0. The van der Waals surface area contributed by atoms with Crippen LogP contribution in [0.2, 0.25) is 0 Å². The second-order valence-electron chi connectivity index (χ2n) is 3.41. The second kappa shape index (κ2) is 3.78. The molecule has 1 saturated heterocycles. The first-order valence-electron chi connectivity index (χ1n) is 4.01. The number of nitrogens with one attached hydrogen (secondary N) is 1. The molecule has 15 heavy (non-hydrogen) atoms. The van der Waals surface area contributed by atoms with Crippen molar-refractivity contribution in [3.8, 4) is 0 Å². The molecule has 0 spiro atoms. The van der Waals surface area contributed by atoms with Gasteiger partial charge in [-0.25, -0.2) is 0 Å². The predicted octanol–water partition coefficient (Wildman–Crippen LogP) is -0.691. The molecule has 0 atom stereocenters. The fraction of sp³-hybridized carbons (Fsp3) is 0.714. The van der Waals surface area contributed by atoms with E-state index in [1.54, 1.807) is 0 Å². The van der Waals surface area contributed by atoms with Crippen LogP contribution >= 0.6 is 0 Å². The minimum Gasteiger partial charge on any atom is -0.377 e. The summed E-state index contributed by atoms with van der Waals surface area (Å²) in [6, 6.07) is 0. The summed E-state index contributed by atoms with van der Waals surface area (Å²) in [5.41, 5.74) is 4.56. The Morgan fingerprint density at radius 2 is 1.93 bits per heavy atom. The maximum atomic E-state index is 11.7. The smallest absolute Gasteiger partial charge is 0.377 e. The largest absolute Gasteiger partial charge is 0.471 e. The second-order valence-corrected chi connectivity index (χ2v) is 3.41. The SMILES string of the molecule is NC1(CC(=O)NC(=O)C(F)(F)F)COC1. The van der Waals surface area contributed by atoms with Gasteiger partial charge >= 0.3 is 12.1 Å². The van der Waals surface area contributed by atoms with Gasteiger partial charge in [-0.05, 0) is 0 Å². The highest BCUT2D eigenvalue weighted by Gasteiger charge is 2.42. The van der Waals surface area contributed by atoms with Crippen molar-refractivity contribution in [3.63, 3.8) is 0 Å². The molecule has 0 aromatic carbocycles. The van der Waals surface area contributed by atoms with Gasteiger partial charge in [0.2, 0.25) is 5.91 Å². The lowest BCUT2D eigenvalue weighted by Gasteiger charge is -2.36. The lowest BCUT2D eigenvalue weighted by molar-refractivity contribution is -0.175. The highest BCUT2D eigenvalue weighted by molar-refractivity contribution is 5.98. The number of alkyl halides is 3. The zero-order valence-electron chi connectivity index (χ0n) is 7.56. The van der Waals surface area contributed by atoms with Crippen LogP contribution in [0, 0.1) is 0 Å². The van der Waals surface area contributed by atoms with Gasteiger partial charge < -0.3 is 10.5 Å². The third kappa shape index (κ3) is 3.17. The Balaban J connectivity index is 2.39. The van der Waals surface area contributed by atoms with Crippen LogP contribution in [-0.2, 0) is 14.3 Å². The standard InChI is InChI=1S/C7H9F3N2O3/c8-7(9,10)5(14)12-4(13)1-6(11)2-15-3-6/h1-3,11H2,(H,12,13,14). The van der Waals surface area contributed by atoms with Crippen LogP contribution in [0.1, 0.15) is 6.42 Å². The van der Waals surface area contributed by atoms with E-state index in [0.717, 1.165) is 0 Å². The molecule has 1 fully saturated rings. The van der Waals surface area contributed by atoms with Crippen LogP contribution in [0.4, 0.5) is 13.2 Å². The average Bonchev–Trinajstić information content (AvgIpc) is 1.99. The molecule has 0 aliphatic carbocycles. The monoisotopic (exact) mass is 226 g/mol. The van der Waals surface area contributed by atoms with E-state index >= 15 is 0 Å². The molecule has 0 saturated carbocycles. The van der Waals surface area contributed by atoms with Gasteiger partial charge in [-0.2, -0.15) is 13.2 Å². The first-order chi connectivity index (χ1) is 6.73. The summed E-state index contributed by atoms with van der Waals surface area (Å²) in [4.78, 5) is 21.3. The maximum Gasteiger partial charge on any atom is 0.471 e. The van der Waals surface area contributed by atoms with Crippen molar-refractivity contribution in [3.05, 3.63) is 0 Å². The maximum absolute atomic E-state index is 11.7. The Kier molecular flexibility index (Phi) is 3.00. The molecule has 8 heteroatoms. The third-order valence-corrected chi connectivity index (χ3v) is 1.80. The number of carbonyl (C=O) groups is 2. The van der Waals surface area contributed by atoms with Gasteiger partial charge in [-0.1, -0.05) is 0 Å². The molecule has 1 rings (SSSR count). The van der Waals surface area contributed by atoms with E-state index in [2.05, 4.69) is 0 Å². The number of amides is 2. The lowest BCUT2D eigenvalue weighted by Crippen LogP contribution is -2.60. The Bertz CT molecular complexity index is 286. The van der Waals surface area contributed by atoms with Crippen LogP contribution in [0.15, 0.2) is 0 Å². The highest BCUT2D eigenvalue weighted by Crippen LogP contribution is 2.18. The molecule has 3 N–H and O–H groups in total. The van der Waals surface area contributed by atoms with Crippen LogP contribution < -0.4 is 11.1 Å². The zero-order chi connectivity index (χ0) is 11.7. The van der Waals surface area contributed by atoms with E-state index in [9.17, 15) is 22.8 Å². The van der Waals surface area contributed by atoms with Gasteiger partial charge in [0.25, 0.3) is 0 Å². The van der Waals surface area contributed by atoms with Gasteiger partial charge in [-0.3, -0.25) is 14.9 Å². The van der Waals surface area contributed by atoms with E-state index in [-0.39, 0.29) is 19.6 Å². The lowest BCUT2D eigenvalue weighted by atomic mass is 9.94. The first-order valence-corrected chi connectivity index (χ1v) is 4.01. The molecular weight excluding hydrogens is 217 g/mol. The number of nitrogens with two attached hydrogens (primary N) is 1. The number of halogens is 3. The van der Waals surface area contributed by atoms with E-state index in [4.69, 9.17) is 10.5 Å². The van der Waals surface area contributed by atoms with E-state index in [1.165, 1.54) is 5.32 Å². The molecule has 5 nitrogen and oxygen atoms in total. The quantitative estimate of drug-likeness (QED) is 0.653. The molecule has 2 amide bonds. The van der Waals surface area contributed by atoms with Gasteiger partial charge in [0.15, 0.2) is 0 Å². The van der Waals surface area contributed by atoms with E-state index in [0.29, 0.717) is 0 Å². The Hall–Kier alpha value is -1.15. The minimum atomic E-state index is -5.06. The number of rotatable bonds is 2. The first kappa shape index (κ1) is 11.9. The van der Waals surface area contributed by atoms with Crippen LogP contribution in [0.3, 0.4) is 0 Å². The Morgan fingerprint density at radius 3 is 2.27 bits per heavy atom. The van der Waals surface area contributed by atoms with Crippen molar-refractivity contribution >= 4 is 11.8 Å². The summed E-state index contributed by atoms with van der Waals surface area (Å²) in [5.74, 6) is -3.33. The molecule has 1 aliphatic heterocycles. The van der Waals surface area contributed by atoms with Crippen molar-refractivity contribution in [1.29, 1.82) is 0 Å². The van der Waals surface area contributed by atoms with Crippen molar-refractivity contribution in [2.75, 3.05) is 13.2 Å². The molecule has 1 aliphatic rings. The predicted molar refractivity (Wildman–Crippen MR) is 41.6 cm³/mol. The summed E-state index contributed by atoms with van der Waals surface area (Å²) in [7, 11) is 0. The van der Waals surface area contributed by atoms with E-state index < -0.39 is 23.5 Å². The number of carbonyl (C=O) groups excluding carboxylic acids is 2. The van der Waals surface area contributed by atoms with Crippen molar-refractivity contribution in [2.24, 2.45) is 5.73 Å². The topological polar surface area (TPSA) is 81.4 Å². The summed E-state index contributed by atoms with van der Waals surface area (Å²) < 4.78 is 39.9. The minimum absolute atomic E-state index is 0.0978. The summed E-state index contributed by atoms with van der Waals surface area (Å²) in [6.45, 7) is 0.196. The van der Waals surface area contributed by atoms with Crippen LogP contribution in [0.25, 0.3) is 0 Å². The van der Waals surface area contributed by atoms with Crippen molar-refractivity contribution < 1.29 is 27.5 Å². The van der Waals surface area contributed by atoms with Crippen LogP contribution in [0.5, 0.6) is 0 Å². The molecule has 0 bridgehead atoms. The molecular formula is C7H9F3N2O3. The van der Waals surface area contributed by atoms with Gasteiger partial charge in [0.05, 0.1) is 18.8 Å². The fourth-order valence-corrected chi connectivity index (χ4v) is 1.03. The van der Waals surface area contributed by atoms with Crippen molar-refractivity contribution in [2.45, 2.75) is 18.1 Å². The highest BCUT2D eigenvalue weighted by atomic mass is 19.4. The molecule has 0 aromatic heterocycles. The van der Waals surface area contributed by atoms with Crippen molar-refractivity contribution in [1.82, 2.24) is 5.32 Å².